The minimum atomic E-state index is 0.115. The van der Waals surface area contributed by atoms with E-state index in [0.717, 1.165) is 37.1 Å². The quantitative estimate of drug-likeness (QED) is 0.905. The van der Waals surface area contributed by atoms with E-state index in [0.29, 0.717) is 0 Å². The molecule has 0 saturated carbocycles. The fourth-order valence-electron chi connectivity index (χ4n) is 2.35. The Labute approximate surface area is 116 Å². The second-order valence-corrected chi connectivity index (χ2v) is 6.50. The third-order valence-electron chi connectivity index (χ3n) is 3.69. The van der Waals surface area contributed by atoms with Crippen LogP contribution in [0.2, 0.25) is 0 Å². The molecule has 1 fully saturated rings. The molecule has 1 atom stereocenters. The van der Waals surface area contributed by atoms with Gasteiger partial charge in [-0.15, -0.1) is 5.10 Å². The second-order valence-electron chi connectivity index (χ2n) is 6.50. The van der Waals surface area contributed by atoms with Crippen LogP contribution in [0, 0.1) is 5.92 Å². The highest BCUT2D eigenvalue weighted by Gasteiger charge is 2.22. The van der Waals surface area contributed by atoms with Gasteiger partial charge in [-0.3, -0.25) is 0 Å². The van der Waals surface area contributed by atoms with Gasteiger partial charge in [0.05, 0.1) is 5.69 Å². The Morgan fingerprint density at radius 3 is 2.63 bits per heavy atom. The van der Waals surface area contributed by atoms with E-state index in [1.807, 2.05) is 0 Å². The first kappa shape index (κ1) is 14.3. The van der Waals surface area contributed by atoms with E-state index in [2.05, 4.69) is 60.2 Å². The summed E-state index contributed by atoms with van der Waals surface area (Å²) in [7, 11) is 0. The van der Waals surface area contributed by atoms with Gasteiger partial charge in [0.1, 0.15) is 0 Å². The molecular formula is C15H26N4. The van der Waals surface area contributed by atoms with Crippen molar-refractivity contribution < 1.29 is 0 Å². The first-order valence-corrected chi connectivity index (χ1v) is 7.30. The summed E-state index contributed by atoms with van der Waals surface area (Å²) in [5.41, 5.74) is 1.12. The van der Waals surface area contributed by atoms with Gasteiger partial charge in [0, 0.05) is 25.2 Å². The molecule has 2 heterocycles. The van der Waals surface area contributed by atoms with Crippen LogP contribution in [-0.2, 0) is 6.54 Å². The molecule has 0 bridgehead atoms. The standard InChI is InChI=1S/C15H26N4/c1-5-12-8-9-19(11-12)14-7-6-13(17-18-14)10-16-15(2,3)4/h6-7,12,16H,5,8-11H2,1-4H3. The van der Waals surface area contributed by atoms with Gasteiger partial charge in [-0.1, -0.05) is 13.3 Å². The van der Waals surface area contributed by atoms with Crippen molar-refractivity contribution in [3.05, 3.63) is 17.8 Å². The number of rotatable bonds is 4. The van der Waals surface area contributed by atoms with Gasteiger partial charge in [0.15, 0.2) is 5.82 Å². The molecule has 1 aliphatic heterocycles. The average molecular weight is 262 g/mol. The fourth-order valence-corrected chi connectivity index (χ4v) is 2.35. The lowest BCUT2D eigenvalue weighted by Gasteiger charge is -2.20. The monoisotopic (exact) mass is 262 g/mol. The summed E-state index contributed by atoms with van der Waals surface area (Å²) >= 11 is 0. The highest BCUT2D eigenvalue weighted by atomic mass is 15.3. The Hall–Kier alpha value is -1.16. The molecular weight excluding hydrogens is 236 g/mol. The average Bonchev–Trinajstić information content (AvgIpc) is 2.85. The minimum Gasteiger partial charge on any atom is -0.355 e. The molecule has 4 nitrogen and oxygen atoms in total. The van der Waals surface area contributed by atoms with Crippen LogP contribution < -0.4 is 10.2 Å². The molecule has 1 aromatic rings. The minimum absolute atomic E-state index is 0.115. The zero-order valence-electron chi connectivity index (χ0n) is 12.6. The van der Waals surface area contributed by atoms with E-state index in [1.54, 1.807) is 0 Å². The van der Waals surface area contributed by atoms with Crippen LogP contribution in [0.4, 0.5) is 5.82 Å². The van der Waals surface area contributed by atoms with E-state index in [-0.39, 0.29) is 5.54 Å². The van der Waals surface area contributed by atoms with Crippen molar-refractivity contribution in [1.82, 2.24) is 15.5 Å². The molecule has 1 unspecified atom stereocenters. The van der Waals surface area contributed by atoms with Gasteiger partial charge in [0.2, 0.25) is 0 Å². The van der Waals surface area contributed by atoms with Crippen molar-refractivity contribution in [1.29, 1.82) is 0 Å². The zero-order chi connectivity index (χ0) is 13.9. The summed E-state index contributed by atoms with van der Waals surface area (Å²) in [5.74, 6) is 1.85. The maximum Gasteiger partial charge on any atom is 0.151 e. The summed E-state index contributed by atoms with van der Waals surface area (Å²) in [6, 6.07) is 4.19. The van der Waals surface area contributed by atoms with Crippen molar-refractivity contribution in [2.75, 3.05) is 18.0 Å². The smallest absolute Gasteiger partial charge is 0.151 e. The predicted molar refractivity (Wildman–Crippen MR) is 79.2 cm³/mol. The molecule has 1 aliphatic rings. The van der Waals surface area contributed by atoms with Gasteiger partial charge < -0.3 is 10.2 Å². The van der Waals surface area contributed by atoms with Gasteiger partial charge >= 0.3 is 0 Å². The van der Waals surface area contributed by atoms with Crippen LogP contribution in [0.1, 0.15) is 46.2 Å². The van der Waals surface area contributed by atoms with Crippen LogP contribution in [0.3, 0.4) is 0 Å². The summed E-state index contributed by atoms with van der Waals surface area (Å²) in [5, 5.41) is 12.1. The molecule has 4 heteroatoms. The Bertz CT molecular complexity index is 394. The SMILES string of the molecule is CCC1CCN(c2ccc(CNC(C)(C)C)nn2)C1. The van der Waals surface area contributed by atoms with Crippen molar-refractivity contribution in [3.63, 3.8) is 0 Å². The first-order valence-electron chi connectivity index (χ1n) is 7.30. The number of anilines is 1. The molecule has 0 radical (unpaired) electrons. The first-order chi connectivity index (χ1) is 8.98. The zero-order valence-corrected chi connectivity index (χ0v) is 12.6. The molecule has 2 rings (SSSR count). The third-order valence-corrected chi connectivity index (χ3v) is 3.69. The molecule has 1 aromatic heterocycles. The van der Waals surface area contributed by atoms with Gasteiger partial charge in [-0.25, -0.2) is 0 Å². The summed E-state index contributed by atoms with van der Waals surface area (Å²) < 4.78 is 0. The third kappa shape index (κ3) is 4.16. The largest absolute Gasteiger partial charge is 0.355 e. The molecule has 0 spiro atoms. The van der Waals surface area contributed by atoms with Crippen LogP contribution in [0.15, 0.2) is 12.1 Å². The lowest BCUT2D eigenvalue weighted by molar-refractivity contribution is 0.420. The highest BCUT2D eigenvalue weighted by Crippen LogP contribution is 2.23. The summed E-state index contributed by atoms with van der Waals surface area (Å²) in [4.78, 5) is 2.35. The Morgan fingerprint density at radius 1 is 1.32 bits per heavy atom. The fraction of sp³-hybridized carbons (Fsp3) is 0.733. The highest BCUT2D eigenvalue weighted by molar-refractivity contribution is 5.38. The molecule has 1 saturated heterocycles. The predicted octanol–water partition coefficient (Wildman–Crippen LogP) is 2.60. The lowest BCUT2D eigenvalue weighted by Crippen LogP contribution is -2.35. The molecule has 1 N–H and O–H groups in total. The normalized spacial score (nSPS) is 20.0. The van der Waals surface area contributed by atoms with E-state index >= 15 is 0 Å². The van der Waals surface area contributed by atoms with E-state index in [1.165, 1.54) is 12.8 Å². The number of hydrogen-bond acceptors (Lipinski definition) is 4. The number of nitrogens with zero attached hydrogens (tertiary/aromatic N) is 3. The van der Waals surface area contributed by atoms with Crippen LogP contribution in [0.25, 0.3) is 0 Å². The summed E-state index contributed by atoms with van der Waals surface area (Å²) in [6.45, 7) is 11.8. The molecule has 19 heavy (non-hydrogen) atoms. The van der Waals surface area contributed by atoms with Crippen LogP contribution in [-0.4, -0.2) is 28.8 Å². The van der Waals surface area contributed by atoms with Crippen LogP contribution >= 0.6 is 0 Å². The van der Waals surface area contributed by atoms with Gasteiger partial charge in [-0.2, -0.15) is 5.10 Å². The molecule has 0 aliphatic carbocycles. The van der Waals surface area contributed by atoms with Crippen molar-refractivity contribution in [3.8, 4) is 0 Å². The van der Waals surface area contributed by atoms with Gasteiger partial charge in [0.25, 0.3) is 0 Å². The Kier molecular flexibility index (Phi) is 4.40. The molecule has 0 amide bonds. The second kappa shape index (κ2) is 5.87. The number of nitrogens with one attached hydrogen (secondary N) is 1. The van der Waals surface area contributed by atoms with Crippen molar-refractivity contribution in [2.24, 2.45) is 5.92 Å². The Balaban J connectivity index is 1.92. The lowest BCUT2D eigenvalue weighted by atomic mass is 10.1. The Morgan fingerprint density at radius 2 is 2.11 bits per heavy atom. The molecule has 106 valence electrons. The maximum atomic E-state index is 4.37. The molecule has 0 aromatic carbocycles. The van der Waals surface area contributed by atoms with Gasteiger partial charge in [-0.05, 0) is 45.2 Å². The number of aromatic nitrogens is 2. The van der Waals surface area contributed by atoms with Crippen LogP contribution in [0.5, 0.6) is 0 Å². The topological polar surface area (TPSA) is 41.0 Å². The van der Waals surface area contributed by atoms with E-state index in [9.17, 15) is 0 Å². The van der Waals surface area contributed by atoms with Crippen molar-refractivity contribution in [2.45, 2.75) is 52.6 Å². The summed E-state index contributed by atoms with van der Waals surface area (Å²) in [6.07, 6.45) is 2.54. The maximum absolute atomic E-state index is 4.37. The number of hydrogen-bond donors (Lipinski definition) is 1. The van der Waals surface area contributed by atoms with E-state index in [4.69, 9.17) is 0 Å². The van der Waals surface area contributed by atoms with E-state index < -0.39 is 0 Å². The van der Waals surface area contributed by atoms with Crippen molar-refractivity contribution >= 4 is 5.82 Å².